The number of nitrogens with zero attached hydrogens (tertiary/aromatic N) is 1. The zero-order valence-corrected chi connectivity index (χ0v) is 25.6. The number of methoxy groups -OCH3 is 1. The van der Waals surface area contributed by atoms with Crippen LogP contribution in [0.3, 0.4) is 0 Å². The van der Waals surface area contributed by atoms with Crippen LogP contribution in [0.4, 0.5) is 0 Å². The van der Waals surface area contributed by atoms with Crippen molar-refractivity contribution in [2.24, 2.45) is 5.92 Å². The number of esters is 1. The maximum Gasteiger partial charge on any atom is 0.356 e. The topological polar surface area (TPSA) is 72.9 Å². The molecule has 1 saturated carbocycles. The molecule has 4 aromatic rings. The van der Waals surface area contributed by atoms with E-state index in [-0.39, 0.29) is 24.7 Å². The third-order valence-corrected chi connectivity index (χ3v) is 13.0. The van der Waals surface area contributed by atoms with Crippen LogP contribution in [0.15, 0.2) is 121 Å². The Morgan fingerprint density at radius 3 is 1.73 bits per heavy atom. The predicted molar refractivity (Wildman–Crippen MR) is 175 cm³/mol. The van der Waals surface area contributed by atoms with Gasteiger partial charge in [0.05, 0.1) is 6.04 Å². The smallest absolute Gasteiger partial charge is 0.356 e. The molecule has 224 valence electrons. The van der Waals surface area contributed by atoms with Crippen molar-refractivity contribution in [3.8, 4) is 0 Å². The fourth-order valence-corrected chi connectivity index (χ4v) is 11.1. The molecule has 1 aliphatic carbocycles. The van der Waals surface area contributed by atoms with Gasteiger partial charge in [0, 0.05) is 26.3 Å². The standard InChI is InChI=1S/C37H36NO5P/c1-42-33-24-14-23-31(35(33)40)32-25-34(39)38(32)36(37(41)43-26-27-15-6-2-7-16-27)44(28-17-8-3-9-18-28,29-19-10-4-11-20-29)30-21-12-5-13-22-30/h2-13,15-22,31-33H,14,23-26H2,1H3/t31-,32+,33-/m1/s1. The van der Waals surface area contributed by atoms with Crippen molar-refractivity contribution in [2.75, 3.05) is 7.11 Å². The van der Waals surface area contributed by atoms with Crippen molar-refractivity contribution in [3.05, 3.63) is 127 Å². The number of β-lactam (4-membered cyclic amide) rings is 1. The van der Waals surface area contributed by atoms with Gasteiger partial charge in [0.15, 0.2) is 5.78 Å². The second-order valence-corrected chi connectivity index (χ2v) is 14.6. The lowest BCUT2D eigenvalue weighted by atomic mass is 9.76. The second kappa shape index (κ2) is 13.2. The van der Waals surface area contributed by atoms with Gasteiger partial charge in [-0.1, -0.05) is 121 Å². The molecule has 6 rings (SSSR count). The molecule has 6 nitrogen and oxygen atoms in total. The number of carbonyl (C=O) groups is 3. The lowest BCUT2D eigenvalue weighted by Crippen LogP contribution is -2.64. The molecule has 0 bridgehead atoms. The first-order valence-corrected chi connectivity index (χ1v) is 16.9. The van der Waals surface area contributed by atoms with Crippen LogP contribution >= 0.6 is 6.89 Å². The molecule has 2 fully saturated rings. The van der Waals surface area contributed by atoms with Crippen LogP contribution in [0.25, 0.3) is 0 Å². The number of hydrogen-bond acceptors (Lipinski definition) is 5. The van der Waals surface area contributed by atoms with E-state index in [4.69, 9.17) is 9.47 Å². The van der Waals surface area contributed by atoms with Crippen molar-refractivity contribution < 1.29 is 23.9 Å². The number of benzene rings is 4. The Balaban J connectivity index is 1.64. The van der Waals surface area contributed by atoms with Crippen molar-refractivity contribution in [3.63, 3.8) is 0 Å². The van der Waals surface area contributed by atoms with Gasteiger partial charge in [0.1, 0.15) is 18.1 Å². The van der Waals surface area contributed by atoms with E-state index in [0.717, 1.165) is 27.9 Å². The normalized spacial score (nSPS) is 20.1. The molecule has 44 heavy (non-hydrogen) atoms. The molecule has 1 saturated heterocycles. The number of rotatable bonds is 9. The number of likely N-dealkylation sites (tertiary alicyclic amines) is 1. The van der Waals surface area contributed by atoms with Crippen LogP contribution in [0, 0.1) is 5.92 Å². The highest BCUT2D eigenvalue weighted by atomic mass is 31.2. The van der Waals surface area contributed by atoms with Crippen molar-refractivity contribution in [1.29, 1.82) is 0 Å². The number of amides is 1. The summed E-state index contributed by atoms with van der Waals surface area (Å²) in [5, 5.41) is 2.77. The molecule has 1 heterocycles. The van der Waals surface area contributed by atoms with E-state index in [9.17, 15) is 14.4 Å². The Morgan fingerprint density at radius 1 is 0.750 bits per heavy atom. The third-order valence-electron chi connectivity index (χ3n) is 8.77. The highest BCUT2D eigenvalue weighted by Gasteiger charge is 2.52. The summed E-state index contributed by atoms with van der Waals surface area (Å²) in [6, 6.07) is 38.9. The number of ether oxygens (including phenoxy) is 2. The van der Waals surface area contributed by atoms with Gasteiger partial charge in [-0.05, 0) is 40.7 Å². The van der Waals surface area contributed by atoms with E-state index >= 15 is 0 Å². The molecule has 4 aromatic carbocycles. The van der Waals surface area contributed by atoms with Crippen LogP contribution < -0.4 is 15.9 Å². The van der Waals surface area contributed by atoms with Gasteiger partial charge >= 0.3 is 5.97 Å². The van der Waals surface area contributed by atoms with E-state index in [2.05, 4.69) is 0 Å². The average Bonchev–Trinajstić information content (AvgIpc) is 3.08. The van der Waals surface area contributed by atoms with Crippen LogP contribution in [0.2, 0.25) is 0 Å². The zero-order valence-electron chi connectivity index (χ0n) is 24.8. The lowest BCUT2D eigenvalue weighted by molar-refractivity contribution is -0.152. The van der Waals surface area contributed by atoms with Crippen molar-refractivity contribution in [1.82, 2.24) is 4.90 Å². The van der Waals surface area contributed by atoms with Crippen molar-refractivity contribution >= 4 is 45.9 Å². The Morgan fingerprint density at radius 2 is 1.25 bits per heavy atom. The van der Waals surface area contributed by atoms with Crippen LogP contribution in [0.1, 0.15) is 31.2 Å². The van der Waals surface area contributed by atoms with Crippen LogP contribution in [-0.4, -0.2) is 47.2 Å². The van der Waals surface area contributed by atoms with Crippen molar-refractivity contribution in [2.45, 2.75) is 44.4 Å². The molecular formula is C37H36NO5P. The molecule has 0 spiro atoms. The molecule has 3 atom stereocenters. The summed E-state index contributed by atoms with van der Waals surface area (Å²) in [6.45, 7) is -2.97. The summed E-state index contributed by atoms with van der Waals surface area (Å²) in [5.41, 5.74) is 1.16. The Labute approximate surface area is 258 Å². The highest BCUT2D eigenvalue weighted by molar-refractivity contribution is 7.96. The maximum atomic E-state index is 14.8. The summed E-state index contributed by atoms with van der Waals surface area (Å²) >= 11 is 0. The van der Waals surface area contributed by atoms with Crippen LogP contribution in [0.5, 0.6) is 0 Å². The summed E-state index contributed by atoms with van der Waals surface area (Å²) in [5.74, 6) is -1.15. The van der Waals surface area contributed by atoms with E-state index in [1.54, 1.807) is 12.0 Å². The van der Waals surface area contributed by atoms with Crippen LogP contribution in [-0.2, 0) is 30.5 Å². The first kappa shape index (κ1) is 29.8. The molecule has 0 unspecified atom stereocenters. The summed E-state index contributed by atoms with van der Waals surface area (Å²) in [6.07, 6.45) is 1.82. The van der Waals surface area contributed by atoms with Gasteiger partial charge in [-0.25, -0.2) is 4.79 Å². The quantitative estimate of drug-likeness (QED) is 0.155. The molecule has 2 aliphatic rings. The zero-order chi connectivity index (χ0) is 30.5. The Kier molecular flexibility index (Phi) is 8.92. The van der Waals surface area contributed by atoms with E-state index in [0.29, 0.717) is 18.3 Å². The Bertz CT molecular complexity index is 1570. The van der Waals surface area contributed by atoms with E-state index in [1.807, 2.05) is 121 Å². The summed E-state index contributed by atoms with van der Waals surface area (Å²) in [4.78, 5) is 43.9. The van der Waals surface area contributed by atoms with Gasteiger partial charge in [-0.2, -0.15) is 0 Å². The van der Waals surface area contributed by atoms with Gasteiger partial charge in [0.2, 0.25) is 5.91 Å². The molecule has 0 aromatic heterocycles. The van der Waals surface area contributed by atoms with E-state index < -0.39 is 30.9 Å². The minimum atomic E-state index is -3.03. The predicted octanol–water partition coefficient (Wildman–Crippen LogP) is 4.84. The molecule has 0 N–H and O–H groups in total. The van der Waals surface area contributed by atoms with Gasteiger partial charge in [-0.3, -0.25) is 9.59 Å². The molecule has 1 amide bonds. The first-order chi connectivity index (χ1) is 21.6. The first-order valence-electron chi connectivity index (χ1n) is 15.1. The molecule has 1 aliphatic heterocycles. The summed E-state index contributed by atoms with van der Waals surface area (Å²) < 4.78 is 11.7. The minimum Gasteiger partial charge on any atom is -0.456 e. The largest absolute Gasteiger partial charge is 0.456 e. The minimum absolute atomic E-state index is 0.00122. The number of carbonyl (C=O) groups excluding carboxylic acids is 3. The van der Waals surface area contributed by atoms with Gasteiger partial charge in [-0.15, -0.1) is 0 Å². The van der Waals surface area contributed by atoms with E-state index in [1.165, 1.54) is 0 Å². The van der Waals surface area contributed by atoms with Gasteiger partial charge < -0.3 is 14.4 Å². The molecule has 7 heteroatoms. The number of ketones is 1. The lowest BCUT2D eigenvalue weighted by Gasteiger charge is -2.48. The summed E-state index contributed by atoms with van der Waals surface area (Å²) in [7, 11) is 1.56. The SMILES string of the molecule is CO[C@@H]1CCC[C@H]([C@@H]2CC(=O)N2C(C(=O)OCc2ccccc2)=P(c2ccccc2)(c2ccccc2)c2ccccc2)C1=O. The second-order valence-electron chi connectivity index (χ2n) is 11.3. The van der Waals surface area contributed by atoms with Gasteiger partial charge in [0.25, 0.3) is 0 Å². The maximum absolute atomic E-state index is 14.8. The highest BCUT2D eigenvalue weighted by Crippen LogP contribution is 2.49. The number of hydrogen-bond donors (Lipinski definition) is 0. The monoisotopic (exact) mass is 605 g/mol. The third kappa shape index (κ3) is 5.45. The number of Topliss-reactive ketones (excluding diaryl/α,β-unsaturated/α-hetero) is 1. The average molecular weight is 606 g/mol. The fraction of sp³-hybridized carbons (Fsp3) is 0.243. The fourth-order valence-electron chi connectivity index (χ4n) is 6.65. The Hall–Kier alpha value is -4.25. The molecule has 0 radical (unpaired) electrons. The molecular weight excluding hydrogens is 569 g/mol.